The summed E-state index contributed by atoms with van der Waals surface area (Å²) in [7, 11) is 1.74. The van der Waals surface area contributed by atoms with Gasteiger partial charge in [-0.2, -0.15) is 15.0 Å². The van der Waals surface area contributed by atoms with Crippen LogP contribution in [0.2, 0.25) is 0 Å². The smallest absolute Gasteiger partial charge is 0.0693 e. The van der Waals surface area contributed by atoms with E-state index in [0.29, 0.717) is 18.1 Å². The highest BCUT2D eigenvalue weighted by atomic mass is 16.5. The lowest BCUT2D eigenvalue weighted by molar-refractivity contribution is 0.0805. The van der Waals surface area contributed by atoms with Gasteiger partial charge in [0.05, 0.1) is 24.5 Å². The highest BCUT2D eigenvalue weighted by Crippen LogP contribution is 2.01. The van der Waals surface area contributed by atoms with Gasteiger partial charge in [0.1, 0.15) is 0 Å². The Balaban J connectivity index is 0.000000265. The van der Waals surface area contributed by atoms with E-state index in [1.54, 1.807) is 24.3 Å². The summed E-state index contributed by atoms with van der Waals surface area (Å²) in [6, 6.07) is 0.380. The molecule has 0 aromatic carbocycles. The summed E-state index contributed by atoms with van der Waals surface area (Å²) in [5.74, 6) is 0.644. The maximum atomic E-state index is 5.01. The molecular formula is C11H23N3O. The van der Waals surface area contributed by atoms with Gasteiger partial charge in [0.25, 0.3) is 0 Å². The molecule has 0 aliphatic carbocycles. The molecule has 4 heteroatoms. The van der Waals surface area contributed by atoms with Crippen molar-refractivity contribution < 1.29 is 4.74 Å². The summed E-state index contributed by atoms with van der Waals surface area (Å²) in [4.78, 5) is 1.67. The Morgan fingerprint density at radius 3 is 1.60 bits per heavy atom. The third-order valence-corrected chi connectivity index (χ3v) is 2.21. The summed E-state index contributed by atoms with van der Waals surface area (Å²) in [6.07, 6.45) is 3.76. The Kier molecular flexibility index (Phi) is 6.96. The second-order valence-electron chi connectivity index (χ2n) is 4.13. The Labute approximate surface area is 92.6 Å². The van der Waals surface area contributed by atoms with Gasteiger partial charge in [-0.15, -0.1) is 0 Å². The lowest BCUT2D eigenvalue weighted by Crippen LogP contribution is -2.11. The van der Waals surface area contributed by atoms with E-state index < -0.39 is 0 Å². The van der Waals surface area contributed by atoms with Crippen LogP contribution in [0, 0.1) is 5.92 Å². The van der Waals surface area contributed by atoms with E-state index in [2.05, 4.69) is 31.0 Å². The van der Waals surface area contributed by atoms with Crippen molar-refractivity contribution in [3.8, 4) is 0 Å². The maximum absolute atomic E-state index is 5.01. The number of hydrogen-bond donors (Lipinski definition) is 0. The van der Waals surface area contributed by atoms with Crippen LogP contribution in [0.25, 0.3) is 0 Å². The number of nitrogens with zero attached hydrogens (tertiary/aromatic N) is 3. The van der Waals surface area contributed by atoms with Crippen LogP contribution in [0.3, 0.4) is 0 Å². The van der Waals surface area contributed by atoms with Crippen LogP contribution in [0.4, 0.5) is 0 Å². The Morgan fingerprint density at radius 2 is 1.47 bits per heavy atom. The van der Waals surface area contributed by atoms with Gasteiger partial charge < -0.3 is 4.74 Å². The quantitative estimate of drug-likeness (QED) is 0.774. The molecule has 1 aromatic rings. The van der Waals surface area contributed by atoms with Gasteiger partial charge in [0, 0.05) is 7.11 Å². The first-order valence-corrected chi connectivity index (χ1v) is 5.37. The molecule has 0 amide bonds. The van der Waals surface area contributed by atoms with Crippen LogP contribution < -0.4 is 0 Å². The number of methoxy groups -OCH3 is 1. The molecule has 4 nitrogen and oxygen atoms in total. The number of hydrogen-bond acceptors (Lipinski definition) is 3. The van der Waals surface area contributed by atoms with Crippen LogP contribution in [-0.2, 0) is 4.74 Å². The average Bonchev–Trinajstić information content (AvgIpc) is 2.70. The van der Waals surface area contributed by atoms with Crippen molar-refractivity contribution in [2.75, 3.05) is 7.11 Å². The number of aromatic nitrogens is 3. The minimum Gasteiger partial charge on any atom is -0.381 e. The fourth-order valence-corrected chi connectivity index (χ4v) is 0.765. The third-order valence-electron chi connectivity index (χ3n) is 2.21. The highest BCUT2D eigenvalue weighted by molar-refractivity contribution is 4.61. The minimum absolute atomic E-state index is 0.380. The van der Waals surface area contributed by atoms with E-state index in [0.717, 1.165) is 0 Å². The fraction of sp³-hybridized carbons (Fsp3) is 0.818. The summed E-state index contributed by atoms with van der Waals surface area (Å²) in [5, 5.41) is 7.84. The average molecular weight is 213 g/mol. The van der Waals surface area contributed by atoms with Gasteiger partial charge in [0.2, 0.25) is 0 Å². The summed E-state index contributed by atoms with van der Waals surface area (Å²) >= 11 is 0. The Bertz CT molecular complexity index is 232. The normalized spacial score (nSPS) is 12.5. The zero-order valence-corrected chi connectivity index (χ0v) is 10.6. The largest absolute Gasteiger partial charge is 0.381 e. The van der Waals surface area contributed by atoms with Crippen LogP contribution in [-0.4, -0.2) is 28.2 Å². The van der Waals surface area contributed by atoms with Crippen molar-refractivity contribution in [3.05, 3.63) is 12.4 Å². The first kappa shape index (κ1) is 14.1. The maximum Gasteiger partial charge on any atom is 0.0693 e. The van der Waals surface area contributed by atoms with Gasteiger partial charge in [-0.25, -0.2) is 0 Å². The van der Waals surface area contributed by atoms with Crippen LogP contribution in [0.1, 0.15) is 40.7 Å². The van der Waals surface area contributed by atoms with Gasteiger partial charge in [-0.05, 0) is 26.7 Å². The SMILES string of the molecule is CC(C)n1nccn1.CO[C@@H](C)C(C)C. The first-order valence-electron chi connectivity index (χ1n) is 5.37. The molecule has 0 bridgehead atoms. The Morgan fingerprint density at radius 1 is 1.00 bits per heavy atom. The molecule has 0 saturated carbocycles. The standard InChI is InChI=1S/C6H14O.C5H9N3/c1-5(2)6(3)7-4;1-5(2)8-6-3-4-7-8/h5-6H,1-4H3;3-5H,1-2H3/t6-;/m0./s1. The molecule has 15 heavy (non-hydrogen) atoms. The predicted octanol–water partition coefficient (Wildman–Crippen LogP) is 2.54. The molecule has 0 unspecified atom stereocenters. The second kappa shape index (κ2) is 7.40. The van der Waals surface area contributed by atoms with Gasteiger partial charge in [-0.3, -0.25) is 0 Å². The Hall–Kier alpha value is -0.900. The van der Waals surface area contributed by atoms with Gasteiger partial charge in [-0.1, -0.05) is 13.8 Å². The van der Waals surface area contributed by atoms with E-state index in [9.17, 15) is 0 Å². The van der Waals surface area contributed by atoms with Crippen molar-refractivity contribution in [1.82, 2.24) is 15.0 Å². The van der Waals surface area contributed by atoms with Crippen LogP contribution in [0.15, 0.2) is 12.4 Å². The van der Waals surface area contributed by atoms with Crippen LogP contribution >= 0.6 is 0 Å². The molecule has 1 heterocycles. The van der Waals surface area contributed by atoms with Gasteiger partial charge >= 0.3 is 0 Å². The van der Waals surface area contributed by atoms with Crippen molar-refractivity contribution in [3.63, 3.8) is 0 Å². The molecule has 1 rings (SSSR count). The predicted molar refractivity (Wildman–Crippen MR) is 61.7 cm³/mol. The molecule has 0 spiro atoms. The lowest BCUT2D eigenvalue weighted by atomic mass is 10.1. The van der Waals surface area contributed by atoms with Crippen molar-refractivity contribution >= 4 is 0 Å². The van der Waals surface area contributed by atoms with E-state index >= 15 is 0 Å². The van der Waals surface area contributed by atoms with Crippen molar-refractivity contribution in [2.45, 2.75) is 46.8 Å². The lowest BCUT2D eigenvalue weighted by Gasteiger charge is -2.11. The van der Waals surface area contributed by atoms with Crippen molar-refractivity contribution in [2.24, 2.45) is 5.92 Å². The monoisotopic (exact) mass is 213 g/mol. The minimum atomic E-state index is 0.380. The number of rotatable bonds is 3. The molecule has 0 aliphatic heterocycles. The molecule has 0 radical (unpaired) electrons. The number of ether oxygens (including phenoxy) is 1. The van der Waals surface area contributed by atoms with E-state index in [-0.39, 0.29) is 0 Å². The molecular weight excluding hydrogens is 190 g/mol. The molecule has 0 aliphatic rings. The summed E-state index contributed by atoms with van der Waals surface area (Å²) < 4.78 is 5.01. The zero-order chi connectivity index (χ0) is 11.8. The van der Waals surface area contributed by atoms with Crippen molar-refractivity contribution in [1.29, 1.82) is 0 Å². The topological polar surface area (TPSA) is 39.9 Å². The molecule has 1 atom stereocenters. The first-order chi connectivity index (χ1) is 6.99. The fourth-order valence-electron chi connectivity index (χ4n) is 0.765. The molecule has 0 saturated heterocycles. The summed E-state index contributed by atoms with van der Waals surface area (Å²) in [6.45, 7) is 10.5. The third kappa shape index (κ3) is 6.23. The molecule has 0 N–H and O–H groups in total. The second-order valence-corrected chi connectivity index (χ2v) is 4.13. The highest BCUT2D eigenvalue weighted by Gasteiger charge is 2.01. The van der Waals surface area contributed by atoms with E-state index in [1.807, 2.05) is 13.8 Å². The van der Waals surface area contributed by atoms with E-state index in [4.69, 9.17) is 4.74 Å². The summed E-state index contributed by atoms with van der Waals surface area (Å²) in [5.41, 5.74) is 0. The molecule has 88 valence electrons. The van der Waals surface area contributed by atoms with E-state index in [1.165, 1.54) is 0 Å². The molecule has 0 fully saturated rings. The zero-order valence-electron chi connectivity index (χ0n) is 10.6. The van der Waals surface area contributed by atoms with Gasteiger partial charge in [0.15, 0.2) is 0 Å². The molecule has 1 aromatic heterocycles. The van der Waals surface area contributed by atoms with Crippen LogP contribution in [0.5, 0.6) is 0 Å².